The van der Waals surface area contributed by atoms with Gasteiger partial charge in [0.25, 0.3) is 0 Å². The van der Waals surface area contributed by atoms with Gasteiger partial charge in [0.05, 0.1) is 31.0 Å². The van der Waals surface area contributed by atoms with Gasteiger partial charge in [-0.25, -0.2) is 0 Å². The molecule has 6 aliphatic rings. The molecule has 0 bridgehead atoms. The van der Waals surface area contributed by atoms with E-state index >= 15 is 0 Å². The van der Waals surface area contributed by atoms with Gasteiger partial charge in [-0.15, -0.1) is 0 Å². The van der Waals surface area contributed by atoms with E-state index in [1.807, 2.05) is 26.8 Å². The first-order valence-electron chi connectivity index (χ1n) is 20.6. The molecule has 6 rings (SSSR count). The molecule has 9 N–H and O–H groups in total. The standard InChI is InChI=1S/C42H70O13/c1-21(2)10-9-14-42(8,55-37-35(51)33(49)31(47)25(20-44)53-37)22-11-16-41(7)29(22)23(45)18-27-39(5)15-13-28(38(3,4)26(39)12-17-40(27,41)6)54-36-34(50)32(48)30(46)24(19-43)52-36/h10,13,15,22-37,43-51H,9,11-12,14,16-20H2,1-8H3/t22-,23+,24+,25+,26-,27+,28-,29-,30+,31+,32-,33-,34+,35+,36-,37-,39-,40+,41+,42-/m0/s1. The highest BCUT2D eigenvalue weighted by atomic mass is 16.7. The third-order valence-corrected chi connectivity index (χ3v) is 16.2. The third-order valence-electron chi connectivity index (χ3n) is 16.2. The van der Waals surface area contributed by atoms with Crippen molar-refractivity contribution >= 4 is 0 Å². The van der Waals surface area contributed by atoms with E-state index in [0.717, 1.165) is 31.3 Å². The Bertz CT molecular complexity index is 1420. The molecular formula is C42H70O13. The van der Waals surface area contributed by atoms with Crippen LogP contribution in [0.15, 0.2) is 23.8 Å². The lowest BCUT2D eigenvalue weighted by atomic mass is 9.36. The first-order valence-corrected chi connectivity index (χ1v) is 20.6. The number of fused-ring (bicyclic) bond motifs is 5. The van der Waals surface area contributed by atoms with Gasteiger partial charge in [-0.1, -0.05) is 58.4 Å². The monoisotopic (exact) mass is 782 g/mol. The van der Waals surface area contributed by atoms with Crippen molar-refractivity contribution in [3.05, 3.63) is 23.8 Å². The minimum atomic E-state index is -1.56. The summed E-state index contributed by atoms with van der Waals surface area (Å²) in [5.41, 5.74) is -0.965. The topological polar surface area (TPSA) is 219 Å². The fourth-order valence-corrected chi connectivity index (χ4v) is 12.8. The fourth-order valence-electron chi connectivity index (χ4n) is 12.8. The quantitative estimate of drug-likeness (QED) is 0.145. The van der Waals surface area contributed by atoms with Crippen molar-refractivity contribution in [3.8, 4) is 0 Å². The van der Waals surface area contributed by atoms with Crippen molar-refractivity contribution < 1.29 is 64.9 Å². The molecule has 2 heterocycles. The van der Waals surface area contributed by atoms with Crippen LogP contribution >= 0.6 is 0 Å². The summed E-state index contributed by atoms with van der Waals surface area (Å²) in [6.07, 6.45) is -3.25. The Kier molecular flexibility index (Phi) is 12.3. The molecule has 20 atom stereocenters. The van der Waals surface area contributed by atoms with E-state index in [1.54, 1.807) is 0 Å². The zero-order chi connectivity index (χ0) is 40.6. The number of ether oxygens (including phenoxy) is 4. The second-order valence-electron chi connectivity index (χ2n) is 19.7. The van der Waals surface area contributed by atoms with Crippen LogP contribution in [0.4, 0.5) is 0 Å². The lowest BCUT2D eigenvalue weighted by Crippen LogP contribution is -2.66. The molecule has 0 unspecified atom stereocenters. The molecule has 13 heteroatoms. The predicted molar refractivity (Wildman–Crippen MR) is 201 cm³/mol. The Morgan fingerprint density at radius 2 is 1.33 bits per heavy atom. The van der Waals surface area contributed by atoms with Crippen LogP contribution < -0.4 is 0 Å². The normalized spacial score (nSPS) is 51.7. The summed E-state index contributed by atoms with van der Waals surface area (Å²) in [6.45, 7) is 16.4. The Morgan fingerprint density at radius 1 is 0.764 bits per heavy atom. The number of aliphatic hydroxyl groups is 9. The third kappa shape index (κ3) is 7.02. The highest BCUT2D eigenvalue weighted by molar-refractivity contribution is 5.26. The van der Waals surface area contributed by atoms with E-state index in [-0.39, 0.29) is 39.9 Å². The smallest absolute Gasteiger partial charge is 0.187 e. The molecule has 3 saturated carbocycles. The average molecular weight is 783 g/mol. The van der Waals surface area contributed by atoms with Crippen molar-refractivity contribution in [2.45, 2.75) is 180 Å². The van der Waals surface area contributed by atoms with Gasteiger partial charge in [-0.05, 0) is 111 Å². The van der Waals surface area contributed by atoms with Crippen molar-refractivity contribution in [1.29, 1.82) is 0 Å². The van der Waals surface area contributed by atoms with Crippen LogP contribution in [-0.2, 0) is 18.9 Å². The van der Waals surface area contributed by atoms with E-state index in [0.29, 0.717) is 19.3 Å². The molecule has 2 aliphatic heterocycles. The van der Waals surface area contributed by atoms with Crippen LogP contribution in [-0.4, -0.2) is 138 Å². The minimum absolute atomic E-state index is 0.112. The second kappa shape index (κ2) is 15.5. The van der Waals surface area contributed by atoms with Gasteiger partial charge >= 0.3 is 0 Å². The van der Waals surface area contributed by atoms with Gasteiger partial charge in [0, 0.05) is 0 Å². The Labute approximate surface area is 326 Å². The summed E-state index contributed by atoms with van der Waals surface area (Å²) >= 11 is 0. The summed E-state index contributed by atoms with van der Waals surface area (Å²) < 4.78 is 24.8. The molecule has 55 heavy (non-hydrogen) atoms. The average Bonchev–Trinajstić information content (AvgIpc) is 3.51. The van der Waals surface area contributed by atoms with E-state index in [9.17, 15) is 46.0 Å². The largest absolute Gasteiger partial charge is 0.394 e. The van der Waals surface area contributed by atoms with Crippen LogP contribution in [0.5, 0.6) is 0 Å². The zero-order valence-corrected chi connectivity index (χ0v) is 34.0. The number of rotatable bonds is 10. The number of aliphatic hydroxyl groups excluding tert-OH is 9. The van der Waals surface area contributed by atoms with Crippen LogP contribution in [0.1, 0.15) is 100 Å². The van der Waals surface area contributed by atoms with Gasteiger partial charge in [0.15, 0.2) is 12.6 Å². The highest BCUT2D eigenvalue weighted by Gasteiger charge is 2.71. The van der Waals surface area contributed by atoms with E-state index in [1.165, 1.54) is 0 Å². The molecule has 0 aromatic carbocycles. The summed E-state index contributed by atoms with van der Waals surface area (Å²) in [5.74, 6) is -0.0196. The summed E-state index contributed by atoms with van der Waals surface area (Å²) in [7, 11) is 0. The van der Waals surface area contributed by atoms with E-state index in [2.05, 4.69) is 46.8 Å². The Morgan fingerprint density at radius 3 is 1.91 bits per heavy atom. The maximum absolute atomic E-state index is 12.5. The molecule has 4 aliphatic carbocycles. The number of allylic oxidation sites excluding steroid dienone is 3. The minimum Gasteiger partial charge on any atom is -0.394 e. The molecule has 0 spiro atoms. The van der Waals surface area contributed by atoms with Crippen molar-refractivity contribution in [3.63, 3.8) is 0 Å². The molecule has 0 aromatic heterocycles. The maximum Gasteiger partial charge on any atom is 0.187 e. The van der Waals surface area contributed by atoms with Gasteiger partial charge < -0.3 is 64.9 Å². The van der Waals surface area contributed by atoms with Crippen molar-refractivity contribution in [2.75, 3.05) is 13.2 Å². The first-order chi connectivity index (χ1) is 25.6. The van der Waals surface area contributed by atoms with E-state index in [4.69, 9.17) is 18.9 Å². The van der Waals surface area contributed by atoms with Gasteiger partial charge in [-0.3, -0.25) is 0 Å². The van der Waals surface area contributed by atoms with Crippen molar-refractivity contribution in [1.82, 2.24) is 0 Å². The Balaban J connectivity index is 1.29. The summed E-state index contributed by atoms with van der Waals surface area (Å²) in [5, 5.41) is 95.8. The number of hydrogen-bond acceptors (Lipinski definition) is 13. The summed E-state index contributed by atoms with van der Waals surface area (Å²) in [6, 6.07) is 0. The zero-order valence-electron chi connectivity index (χ0n) is 34.0. The SMILES string of the molecule is CC(C)=CCC[C@](C)(O[C@@H]1O[C@H](CO)[C@@H](O)[C@H](O)[C@H]1O)[C@H]1CC[C@]2(C)[C@@H]1[C@H](O)C[C@@H]1[C@@]3(C)C=C[C@H](O[C@@H]4O[C@H](CO)[C@@H](O)[C@H](O)[C@H]4O)C(C)(C)[C@@H]3CC[C@]12C. The number of hydrogen-bond donors (Lipinski definition) is 9. The molecule has 2 saturated heterocycles. The predicted octanol–water partition coefficient (Wildman–Crippen LogP) is 1.93. The molecule has 0 amide bonds. The van der Waals surface area contributed by atoms with Gasteiger partial charge in [0.1, 0.15) is 48.8 Å². The maximum atomic E-state index is 12.5. The lowest BCUT2D eigenvalue weighted by molar-refractivity contribution is -0.336. The first kappa shape index (κ1) is 43.5. The van der Waals surface area contributed by atoms with Crippen LogP contribution in [0.3, 0.4) is 0 Å². The fraction of sp³-hybridized carbons (Fsp3) is 0.905. The van der Waals surface area contributed by atoms with Crippen LogP contribution in [0, 0.1) is 45.3 Å². The lowest BCUT2D eigenvalue weighted by Gasteiger charge is -2.69. The molecule has 316 valence electrons. The van der Waals surface area contributed by atoms with Gasteiger partial charge in [-0.2, -0.15) is 0 Å². The highest BCUT2D eigenvalue weighted by Crippen LogP contribution is 2.75. The van der Waals surface area contributed by atoms with Crippen LogP contribution in [0.2, 0.25) is 0 Å². The molecule has 13 nitrogen and oxygen atoms in total. The second-order valence-corrected chi connectivity index (χ2v) is 19.7. The molecular weight excluding hydrogens is 712 g/mol. The molecule has 0 aromatic rings. The molecule has 0 radical (unpaired) electrons. The molecule has 5 fully saturated rings. The van der Waals surface area contributed by atoms with E-state index < -0.39 is 97.8 Å². The van der Waals surface area contributed by atoms with Crippen molar-refractivity contribution in [2.24, 2.45) is 45.3 Å². The van der Waals surface area contributed by atoms with Crippen LogP contribution in [0.25, 0.3) is 0 Å². The van der Waals surface area contributed by atoms with Gasteiger partial charge in [0.2, 0.25) is 0 Å². The Hall–Kier alpha value is -1.04. The summed E-state index contributed by atoms with van der Waals surface area (Å²) in [4.78, 5) is 0.